The molecular weight excluding hydrogens is 270 g/mol. The first-order valence-corrected chi connectivity index (χ1v) is 5.93. The van der Waals surface area contributed by atoms with E-state index in [1.807, 2.05) is 0 Å². The van der Waals surface area contributed by atoms with Crippen LogP contribution in [-0.2, 0) is 19.2 Å². The van der Waals surface area contributed by atoms with Gasteiger partial charge in [0.1, 0.15) is 6.10 Å². The van der Waals surface area contributed by atoms with Crippen molar-refractivity contribution in [2.75, 3.05) is 19.7 Å². The lowest BCUT2D eigenvalue weighted by Gasteiger charge is -2.18. The summed E-state index contributed by atoms with van der Waals surface area (Å²) >= 11 is 0. The van der Waals surface area contributed by atoms with Crippen LogP contribution in [0, 0.1) is 0 Å². The number of aliphatic hydroxyl groups is 2. The van der Waals surface area contributed by atoms with Gasteiger partial charge in [-0.25, -0.2) is 5.90 Å². The van der Waals surface area contributed by atoms with Gasteiger partial charge in [-0.3, -0.25) is 19.3 Å². The van der Waals surface area contributed by atoms with Gasteiger partial charge in [-0.15, -0.1) is 0 Å². The fourth-order valence-electron chi connectivity index (χ4n) is 1.52. The maximum Gasteiger partial charge on any atom is 0.253 e. The van der Waals surface area contributed by atoms with Crippen molar-refractivity contribution in [2.45, 2.75) is 18.6 Å². The predicted molar refractivity (Wildman–Crippen MR) is 65.6 cm³/mol. The van der Waals surface area contributed by atoms with Gasteiger partial charge in [-0.05, 0) is 0 Å². The summed E-state index contributed by atoms with van der Waals surface area (Å²) in [7, 11) is 0. The normalized spacial score (nSPS) is 17.4. The molecule has 0 aliphatic carbocycles. The van der Waals surface area contributed by atoms with Crippen LogP contribution in [0.2, 0.25) is 0 Å². The summed E-state index contributed by atoms with van der Waals surface area (Å²) in [5.41, 5.74) is 0. The van der Waals surface area contributed by atoms with Gasteiger partial charge in [0.25, 0.3) is 11.8 Å². The fraction of sp³-hybridized carbons (Fsp3) is 0.545. The van der Waals surface area contributed by atoms with Crippen molar-refractivity contribution >= 4 is 17.7 Å². The summed E-state index contributed by atoms with van der Waals surface area (Å²) in [5, 5.41) is 21.1. The van der Waals surface area contributed by atoms with Crippen LogP contribution in [0.1, 0.15) is 6.42 Å². The molecule has 0 spiro atoms. The van der Waals surface area contributed by atoms with Crippen LogP contribution in [0.25, 0.3) is 0 Å². The monoisotopic (exact) mass is 287 g/mol. The van der Waals surface area contributed by atoms with Crippen LogP contribution in [0.5, 0.6) is 0 Å². The third-order valence-corrected chi connectivity index (χ3v) is 2.68. The van der Waals surface area contributed by atoms with Crippen LogP contribution < -0.4 is 11.2 Å². The lowest BCUT2D eigenvalue weighted by atomic mass is 10.2. The van der Waals surface area contributed by atoms with E-state index in [0.717, 1.165) is 17.1 Å². The average molecular weight is 287 g/mol. The smallest absolute Gasteiger partial charge is 0.253 e. The van der Waals surface area contributed by atoms with Gasteiger partial charge < -0.3 is 20.4 Å². The van der Waals surface area contributed by atoms with Crippen LogP contribution in [0.4, 0.5) is 0 Å². The summed E-state index contributed by atoms with van der Waals surface area (Å²) in [6.07, 6.45) is -0.263. The quantitative estimate of drug-likeness (QED) is 0.276. The Morgan fingerprint density at radius 2 is 1.90 bits per heavy atom. The van der Waals surface area contributed by atoms with Crippen molar-refractivity contribution in [1.82, 2.24) is 10.2 Å². The molecule has 0 aromatic heterocycles. The lowest BCUT2D eigenvalue weighted by molar-refractivity contribution is -0.137. The molecule has 0 saturated heterocycles. The molecule has 2 atom stereocenters. The maximum atomic E-state index is 11.5. The van der Waals surface area contributed by atoms with Gasteiger partial charge in [-0.2, -0.15) is 0 Å². The highest BCUT2D eigenvalue weighted by molar-refractivity contribution is 6.13. The third-order valence-electron chi connectivity index (χ3n) is 2.68. The molecule has 9 nitrogen and oxygen atoms in total. The van der Waals surface area contributed by atoms with E-state index >= 15 is 0 Å². The zero-order valence-electron chi connectivity index (χ0n) is 10.7. The van der Waals surface area contributed by atoms with E-state index in [9.17, 15) is 24.6 Å². The van der Waals surface area contributed by atoms with Crippen LogP contribution >= 0.6 is 0 Å². The molecular formula is C11H17N3O6. The van der Waals surface area contributed by atoms with E-state index in [1.54, 1.807) is 0 Å². The first-order valence-electron chi connectivity index (χ1n) is 5.93. The number of amides is 3. The predicted octanol–water partition coefficient (Wildman–Crippen LogP) is -2.97. The number of nitrogens with two attached hydrogens (primary N) is 1. The summed E-state index contributed by atoms with van der Waals surface area (Å²) < 4.78 is 0. The summed E-state index contributed by atoms with van der Waals surface area (Å²) in [5.74, 6) is 3.35. The SMILES string of the molecule is NOC[C@@H](O)[C@H](O)CNC(=O)CCN1C(=O)C=CC1=O. The lowest BCUT2D eigenvalue weighted by Crippen LogP contribution is -2.42. The van der Waals surface area contributed by atoms with Crippen molar-refractivity contribution < 1.29 is 29.4 Å². The highest BCUT2D eigenvalue weighted by Crippen LogP contribution is 2.04. The zero-order chi connectivity index (χ0) is 15.1. The van der Waals surface area contributed by atoms with Gasteiger partial charge in [0.2, 0.25) is 5.91 Å². The zero-order valence-corrected chi connectivity index (χ0v) is 10.7. The molecule has 0 fully saturated rings. The van der Waals surface area contributed by atoms with E-state index in [0.29, 0.717) is 0 Å². The Balaban J connectivity index is 2.24. The molecule has 0 radical (unpaired) electrons. The number of nitrogens with zero attached hydrogens (tertiary/aromatic N) is 1. The Labute approximate surface area is 114 Å². The van der Waals surface area contributed by atoms with Gasteiger partial charge in [0.15, 0.2) is 0 Å². The van der Waals surface area contributed by atoms with E-state index in [2.05, 4.69) is 10.2 Å². The average Bonchev–Trinajstić information content (AvgIpc) is 2.73. The van der Waals surface area contributed by atoms with Crippen molar-refractivity contribution in [1.29, 1.82) is 0 Å². The molecule has 1 aliphatic heterocycles. The van der Waals surface area contributed by atoms with Crippen molar-refractivity contribution in [3.8, 4) is 0 Å². The van der Waals surface area contributed by atoms with Gasteiger partial charge in [0, 0.05) is 31.7 Å². The van der Waals surface area contributed by atoms with Crippen LogP contribution in [-0.4, -0.2) is 64.7 Å². The Kier molecular flexibility index (Phi) is 6.25. The second kappa shape index (κ2) is 7.70. The van der Waals surface area contributed by atoms with E-state index in [4.69, 9.17) is 5.90 Å². The van der Waals surface area contributed by atoms with E-state index in [1.165, 1.54) is 0 Å². The number of carbonyl (C=O) groups excluding carboxylic acids is 3. The second-order valence-corrected chi connectivity index (χ2v) is 4.18. The van der Waals surface area contributed by atoms with Gasteiger partial charge in [0.05, 0.1) is 12.7 Å². The summed E-state index contributed by atoms with van der Waals surface area (Å²) in [4.78, 5) is 39.0. The minimum Gasteiger partial charge on any atom is -0.388 e. The highest BCUT2D eigenvalue weighted by Gasteiger charge is 2.24. The standard InChI is InChI=1S/C11H17N3O6/c12-20-6-8(16)7(15)5-13-9(17)3-4-14-10(18)1-2-11(14)19/h1-2,7-8,15-16H,3-6,12H2,(H,13,17)/t7-,8-/m1/s1. The van der Waals surface area contributed by atoms with Crippen LogP contribution in [0.15, 0.2) is 12.2 Å². The minimum atomic E-state index is -1.22. The summed E-state index contributed by atoms with van der Waals surface area (Å²) in [6.45, 7) is -0.496. The molecule has 3 amide bonds. The molecule has 0 bridgehead atoms. The molecule has 0 aromatic rings. The molecule has 0 saturated carbocycles. The minimum absolute atomic E-state index is 0.0406. The van der Waals surface area contributed by atoms with Crippen molar-refractivity contribution in [3.63, 3.8) is 0 Å². The number of imide groups is 1. The van der Waals surface area contributed by atoms with Crippen molar-refractivity contribution in [3.05, 3.63) is 12.2 Å². The van der Waals surface area contributed by atoms with Crippen LogP contribution in [0.3, 0.4) is 0 Å². The molecule has 1 heterocycles. The molecule has 5 N–H and O–H groups in total. The number of rotatable bonds is 8. The first-order chi connectivity index (χ1) is 9.45. The number of hydrogen-bond acceptors (Lipinski definition) is 7. The Bertz CT molecular complexity index is 393. The Morgan fingerprint density at radius 1 is 1.30 bits per heavy atom. The van der Waals surface area contributed by atoms with E-state index in [-0.39, 0.29) is 26.1 Å². The summed E-state index contributed by atoms with van der Waals surface area (Å²) in [6, 6.07) is 0. The molecule has 0 unspecified atom stereocenters. The van der Waals surface area contributed by atoms with E-state index < -0.39 is 29.9 Å². The number of nitrogens with one attached hydrogen (secondary N) is 1. The third kappa shape index (κ3) is 4.70. The van der Waals surface area contributed by atoms with Gasteiger partial charge in [-0.1, -0.05) is 0 Å². The topological polar surface area (TPSA) is 142 Å². The first kappa shape index (κ1) is 16.2. The second-order valence-electron chi connectivity index (χ2n) is 4.18. The molecule has 20 heavy (non-hydrogen) atoms. The Morgan fingerprint density at radius 3 is 2.45 bits per heavy atom. The van der Waals surface area contributed by atoms with Crippen molar-refractivity contribution in [2.24, 2.45) is 5.90 Å². The fourth-order valence-corrected chi connectivity index (χ4v) is 1.52. The molecule has 112 valence electrons. The maximum absolute atomic E-state index is 11.5. The molecule has 1 rings (SSSR count). The largest absolute Gasteiger partial charge is 0.388 e. The molecule has 1 aliphatic rings. The number of carbonyl (C=O) groups is 3. The Hall–Kier alpha value is -1.81. The molecule has 0 aromatic carbocycles. The number of aliphatic hydroxyl groups excluding tert-OH is 2. The van der Waals surface area contributed by atoms with Gasteiger partial charge >= 0.3 is 0 Å². The highest BCUT2D eigenvalue weighted by atomic mass is 16.6. The molecule has 9 heteroatoms. The number of hydrogen-bond donors (Lipinski definition) is 4.